The van der Waals surface area contributed by atoms with E-state index in [2.05, 4.69) is 11.2 Å². The summed E-state index contributed by atoms with van der Waals surface area (Å²) >= 11 is 0. The van der Waals surface area contributed by atoms with E-state index in [0.717, 1.165) is 5.56 Å². The van der Waals surface area contributed by atoms with Gasteiger partial charge in [-0.2, -0.15) is 0 Å². The summed E-state index contributed by atoms with van der Waals surface area (Å²) < 4.78 is 5.22. The lowest BCUT2D eigenvalue weighted by molar-refractivity contribution is 0.177. The van der Waals surface area contributed by atoms with Crippen LogP contribution in [0.5, 0.6) is 5.75 Å². The maximum Gasteiger partial charge on any atom is 0.148 e. The molecule has 3 heteroatoms. The van der Waals surface area contributed by atoms with Crippen LogP contribution in [0.1, 0.15) is 11.7 Å². The molecule has 0 amide bonds. The zero-order valence-corrected chi connectivity index (χ0v) is 8.73. The van der Waals surface area contributed by atoms with Crippen LogP contribution in [0.2, 0.25) is 0 Å². The number of hydrogen-bond acceptors (Lipinski definition) is 3. The van der Waals surface area contributed by atoms with Crippen LogP contribution in [0.4, 0.5) is 0 Å². The van der Waals surface area contributed by atoms with Gasteiger partial charge in [-0.15, -0.1) is 6.42 Å². The SMILES string of the molecule is C#CCOc1ccc(C(O)CNC)cc1. The number of hydrogen-bond donors (Lipinski definition) is 2. The summed E-state index contributed by atoms with van der Waals surface area (Å²) in [5.74, 6) is 3.11. The molecule has 2 N–H and O–H groups in total. The molecule has 0 fully saturated rings. The van der Waals surface area contributed by atoms with E-state index in [1.165, 1.54) is 0 Å². The summed E-state index contributed by atoms with van der Waals surface area (Å²) in [6.07, 6.45) is 4.58. The van der Waals surface area contributed by atoms with Gasteiger partial charge in [-0.3, -0.25) is 0 Å². The van der Waals surface area contributed by atoms with Crippen molar-refractivity contribution in [1.82, 2.24) is 5.32 Å². The second-order valence-electron chi connectivity index (χ2n) is 3.14. The summed E-state index contributed by atoms with van der Waals surface area (Å²) in [5.41, 5.74) is 0.859. The molecule has 0 spiro atoms. The second-order valence-corrected chi connectivity index (χ2v) is 3.14. The molecule has 1 atom stereocenters. The average Bonchev–Trinajstić information content (AvgIpc) is 2.27. The van der Waals surface area contributed by atoms with Crippen LogP contribution in [-0.2, 0) is 0 Å². The second kappa shape index (κ2) is 6.07. The summed E-state index contributed by atoms with van der Waals surface area (Å²) in [6, 6.07) is 7.25. The van der Waals surface area contributed by atoms with Crippen molar-refractivity contribution in [1.29, 1.82) is 0 Å². The van der Waals surface area contributed by atoms with Crippen LogP contribution in [0.15, 0.2) is 24.3 Å². The highest BCUT2D eigenvalue weighted by atomic mass is 16.5. The van der Waals surface area contributed by atoms with E-state index in [0.29, 0.717) is 12.3 Å². The molecule has 0 aliphatic heterocycles. The Morgan fingerprint density at radius 1 is 1.47 bits per heavy atom. The number of benzene rings is 1. The molecule has 15 heavy (non-hydrogen) atoms. The molecule has 1 rings (SSSR count). The maximum absolute atomic E-state index is 9.65. The van der Waals surface area contributed by atoms with Crippen molar-refractivity contribution in [2.45, 2.75) is 6.10 Å². The fourth-order valence-corrected chi connectivity index (χ4v) is 1.22. The summed E-state index contributed by atoms with van der Waals surface area (Å²) in [4.78, 5) is 0. The number of aliphatic hydroxyl groups excluding tert-OH is 1. The molecule has 0 heterocycles. The van der Waals surface area contributed by atoms with Crippen molar-refractivity contribution in [3.8, 4) is 18.1 Å². The Balaban J connectivity index is 2.60. The minimum Gasteiger partial charge on any atom is -0.481 e. The van der Waals surface area contributed by atoms with Gasteiger partial charge >= 0.3 is 0 Å². The molecule has 0 saturated carbocycles. The average molecular weight is 205 g/mol. The molecule has 0 aliphatic carbocycles. The molecule has 1 aromatic rings. The number of rotatable bonds is 5. The molecule has 3 nitrogen and oxygen atoms in total. The minimum atomic E-state index is -0.489. The van der Waals surface area contributed by atoms with Crippen LogP contribution < -0.4 is 10.1 Å². The highest BCUT2D eigenvalue weighted by molar-refractivity contribution is 5.28. The summed E-state index contributed by atoms with van der Waals surface area (Å²) in [5, 5.41) is 12.6. The van der Waals surface area contributed by atoms with Crippen molar-refractivity contribution in [3.63, 3.8) is 0 Å². The first-order valence-corrected chi connectivity index (χ1v) is 4.77. The molecular formula is C12H15NO2. The Kier molecular flexibility index (Phi) is 4.69. The first-order valence-electron chi connectivity index (χ1n) is 4.77. The van der Waals surface area contributed by atoms with Crippen LogP contribution in [0, 0.1) is 12.3 Å². The largest absolute Gasteiger partial charge is 0.481 e. The Morgan fingerprint density at radius 3 is 2.67 bits per heavy atom. The van der Waals surface area contributed by atoms with Gasteiger partial charge in [0, 0.05) is 6.54 Å². The van der Waals surface area contributed by atoms with Gasteiger partial charge in [0.2, 0.25) is 0 Å². The molecule has 0 bridgehead atoms. The summed E-state index contributed by atoms with van der Waals surface area (Å²) in [6.45, 7) is 0.795. The van der Waals surface area contributed by atoms with E-state index in [-0.39, 0.29) is 6.61 Å². The van der Waals surface area contributed by atoms with Gasteiger partial charge in [-0.25, -0.2) is 0 Å². The Hall–Kier alpha value is -1.50. The van der Waals surface area contributed by atoms with Gasteiger partial charge in [0.15, 0.2) is 0 Å². The molecule has 0 aliphatic rings. The van der Waals surface area contributed by atoms with E-state index in [9.17, 15) is 5.11 Å². The smallest absolute Gasteiger partial charge is 0.148 e. The quantitative estimate of drug-likeness (QED) is 0.703. The number of terminal acetylenes is 1. The van der Waals surface area contributed by atoms with Gasteiger partial charge in [-0.05, 0) is 24.7 Å². The normalized spacial score (nSPS) is 11.8. The van der Waals surface area contributed by atoms with Crippen molar-refractivity contribution >= 4 is 0 Å². The van der Waals surface area contributed by atoms with E-state index >= 15 is 0 Å². The Labute approximate surface area is 90.1 Å². The zero-order chi connectivity index (χ0) is 11.1. The minimum absolute atomic E-state index is 0.262. The lowest BCUT2D eigenvalue weighted by Gasteiger charge is -2.10. The fourth-order valence-electron chi connectivity index (χ4n) is 1.22. The number of nitrogens with one attached hydrogen (secondary N) is 1. The molecule has 0 saturated heterocycles. The molecule has 80 valence electrons. The van der Waals surface area contributed by atoms with E-state index in [1.54, 1.807) is 19.2 Å². The number of ether oxygens (including phenoxy) is 1. The van der Waals surface area contributed by atoms with E-state index in [4.69, 9.17) is 11.2 Å². The third-order valence-electron chi connectivity index (χ3n) is 1.98. The highest BCUT2D eigenvalue weighted by Crippen LogP contribution is 2.17. The molecule has 0 aromatic heterocycles. The lowest BCUT2D eigenvalue weighted by Crippen LogP contribution is -2.16. The van der Waals surface area contributed by atoms with Gasteiger partial charge in [0.05, 0.1) is 6.10 Å². The lowest BCUT2D eigenvalue weighted by atomic mass is 10.1. The van der Waals surface area contributed by atoms with Crippen LogP contribution in [0.25, 0.3) is 0 Å². The van der Waals surface area contributed by atoms with Gasteiger partial charge < -0.3 is 15.2 Å². The van der Waals surface area contributed by atoms with Gasteiger partial charge in [0.1, 0.15) is 12.4 Å². The molecule has 1 unspecified atom stereocenters. The Morgan fingerprint density at radius 2 is 2.13 bits per heavy atom. The molecular weight excluding hydrogens is 190 g/mol. The van der Waals surface area contributed by atoms with Crippen molar-refractivity contribution < 1.29 is 9.84 Å². The van der Waals surface area contributed by atoms with E-state index < -0.39 is 6.10 Å². The van der Waals surface area contributed by atoms with Gasteiger partial charge in [0.25, 0.3) is 0 Å². The predicted molar refractivity (Wildman–Crippen MR) is 59.7 cm³/mol. The summed E-state index contributed by atoms with van der Waals surface area (Å²) in [7, 11) is 1.80. The Bertz CT molecular complexity index is 326. The third kappa shape index (κ3) is 3.62. The highest BCUT2D eigenvalue weighted by Gasteiger charge is 2.05. The van der Waals surface area contributed by atoms with Crippen molar-refractivity contribution in [3.05, 3.63) is 29.8 Å². The van der Waals surface area contributed by atoms with Crippen LogP contribution in [-0.4, -0.2) is 25.3 Å². The van der Waals surface area contributed by atoms with E-state index in [1.807, 2.05) is 12.1 Å². The number of likely N-dealkylation sites (N-methyl/N-ethyl adjacent to an activating group) is 1. The first-order chi connectivity index (χ1) is 7.27. The number of aliphatic hydroxyl groups is 1. The maximum atomic E-state index is 9.65. The first kappa shape index (κ1) is 11.6. The van der Waals surface area contributed by atoms with Crippen molar-refractivity contribution in [2.75, 3.05) is 20.2 Å². The zero-order valence-electron chi connectivity index (χ0n) is 8.73. The monoisotopic (exact) mass is 205 g/mol. The van der Waals surface area contributed by atoms with Crippen molar-refractivity contribution in [2.24, 2.45) is 0 Å². The van der Waals surface area contributed by atoms with Gasteiger partial charge in [-0.1, -0.05) is 18.1 Å². The topological polar surface area (TPSA) is 41.5 Å². The standard InChI is InChI=1S/C12H15NO2/c1-3-8-15-11-6-4-10(5-7-11)12(14)9-13-2/h1,4-7,12-14H,8-9H2,2H3. The van der Waals surface area contributed by atoms with Crippen LogP contribution >= 0.6 is 0 Å². The fraction of sp³-hybridized carbons (Fsp3) is 0.333. The van der Waals surface area contributed by atoms with Crippen LogP contribution in [0.3, 0.4) is 0 Å². The third-order valence-corrected chi connectivity index (χ3v) is 1.98. The molecule has 0 radical (unpaired) electrons. The predicted octanol–water partition coefficient (Wildman–Crippen LogP) is 0.951. The molecule has 1 aromatic carbocycles.